The van der Waals surface area contributed by atoms with Gasteiger partial charge in [0.25, 0.3) is 10.0 Å². The van der Waals surface area contributed by atoms with Gasteiger partial charge >= 0.3 is 6.09 Å². The molecule has 37 heavy (non-hydrogen) atoms. The molecule has 2 aromatic carbocycles. The van der Waals surface area contributed by atoms with Crippen molar-refractivity contribution < 1.29 is 23.1 Å². The van der Waals surface area contributed by atoms with Crippen LogP contribution < -0.4 is 9.62 Å². The molecule has 8 nitrogen and oxygen atoms in total. The third-order valence-corrected chi connectivity index (χ3v) is 10.3. The van der Waals surface area contributed by atoms with E-state index in [-0.39, 0.29) is 21.6 Å². The highest BCUT2D eigenvalue weighted by atomic mass is 35.5. The van der Waals surface area contributed by atoms with Crippen molar-refractivity contribution in [2.45, 2.75) is 49.9 Å². The smallest absolute Gasteiger partial charge is 0.407 e. The second kappa shape index (κ2) is 9.27. The zero-order valence-electron chi connectivity index (χ0n) is 20.7. The molecule has 11 heteroatoms. The molecule has 0 radical (unpaired) electrons. The van der Waals surface area contributed by atoms with Crippen LogP contribution in [0.4, 0.5) is 10.5 Å². The monoisotopic (exact) mass is 561 g/mol. The molecule has 0 saturated carbocycles. The molecule has 0 aliphatic carbocycles. The van der Waals surface area contributed by atoms with Crippen LogP contribution in [0.25, 0.3) is 10.1 Å². The molecule has 3 heterocycles. The molecule has 2 aliphatic rings. The summed E-state index contributed by atoms with van der Waals surface area (Å²) in [6, 6.07) is 11.3. The number of thiophene rings is 1. The molecule has 2 amide bonds. The van der Waals surface area contributed by atoms with E-state index in [0.29, 0.717) is 36.6 Å². The van der Waals surface area contributed by atoms with Crippen molar-refractivity contribution in [1.82, 2.24) is 9.62 Å². The third kappa shape index (κ3) is 4.83. The van der Waals surface area contributed by atoms with E-state index >= 15 is 0 Å². The largest absolute Gasteiger partial charge is 0.465 e. The third-order valence-electron chi connectivity index (χ3n) is 6.96. The van der Waals surface area contributed by atoms with Crippen molar-refractivity contribution in [2.24, 2.45) is 5.41 Å². The Labute approximate surface area is 224 Å². The van der Waals surface area contributed by atoms with E-state index in [4.69, 9.17) is 11.6 Å². The number of hydrogen-bond donors (Lipinski definition) is 2. The number of sulfonamides is 1. The number of benzene rings is 2. The summed E-state index contributed by atoms with van der Waals surface area (Å²) in [7, 11) is -3.89. The Kier molecular flexibility index (Phi) is 6.50. The Morgan fingerprint density at radius 3 is 2.59 bits per heavy atom. The number of hydrogen-bond acceptors (Lipinski definition) is 5. The van der Waals surface area contributed by atoms with Crippen molar-refractivity contribution in [2.75, 3.05) is 18.0 Å². The first-order valence-corrected chi connectivity index (χ1v) is 14.7. The lowest BCUT2D eigenvalue weighted by atomic mass is 9.77. The molecule has 5 rings (SSSR count). The molecule has 0 bridgehead atoms. The first kappa shape index (κ1) is 26.0. The number of nitrogens with one attached hydrogen (secondary N) is 1. The number of carbonyl (C=O) groups excluding carboxylic acids is 1. The summed E-state index contributed by atoms with van der Waals surface area (Å²) in [6.07, 6.45) is -0.0411. The van der Waals surface area contributed by atoms with Gasteiger partial charge in [-0.15, -0.1) is 11.3 Å². The maximum absolute atomic E-state index is 13.3. The zero-order chi connectivity index (χ0) is 26.7. The lowest BCUT2D eigenvalue weighted by Gasteiger charge is -2.43. The molecule has 1 fully saturated rings. The minimum absolute atomic E-state index is 0.140. The van der Waals surface area contributed by atoms with E-state index in [1.807, 2.05) is 39.0 Å². The summed E-state index contributed by atoms with van der Waals surface area (Å²) in [5, 5.41) is 11.0. The second-order valence-corrected chi connectivity index (χ2v) is 14.0. The Hall–Kier alpha value is -2.66. The summed E-state index contributed by atoms with van der Waals surface area (Å²) in [6.45, 7) is 6.81. The fourth-order valence-corrected chi connectivity index (χ4v) is 8.13. The van der Waals surface area contributed by atoms with E-state index in [2.05, 4.69) is 4.72 Å². The number of rotatable bonds is 4. The van der Waals surface area contributed by atoms with E-state index in [0.717, 1.165) is 32.5 Å². The van der Waals surface area contributed by atoms with Gasteiger partial charge in [0.1, 0.15) is 10.3 Å². The number of anilines is 1. The Morgan fingerprint density at radius 2 is 1.89 bits per heavy atom. The molecule has 0 spiro atoms. The minimum atomic E-state index is -3.89. The van der Waals surface area contributed by atoms with Gasteiger partial charge in [-0.25, -0.2) is 13.2 Å². The molecule has 2 aliphatic heterocycles. The normalized spacial score (nSPS) is 20.5. The molecule has 2 N–H and O–H groups in total. The van der Waals surface area contributed by atoms with Gasteiger partial charge in [0.15, 0.2) is 0 Å². The van der Waals surface area contributed by atoms with Gasteiger partial charge in [0.2, 0.25) is 5.91 Å². The minimum Gasteiger partial charge on any atom is -0.465 e. The zero-order valence-corrected chi connectivity index (χ0v) is 23.1. The number of halogens is 1. The average molecular weight is 562 g/mol. The molecule has 196 valence electrons. The fourth-order valence-electron chi connectivity index (χ4n) is 5.33. The molecular formula is C26H28ClN3O5S2. The molecule has 1 saturated heterocycles. The van der Waals surface area contributed by atoms with Crippen LogP contribution in [-0.4, -0.2) is 49.6 Å². The summed E-state index contributed by atoms with van der Waals surface area (Å²) in [4.78, 5) is 28.2. The second-order valence-electron chi connectivity index (χ2n) is 10.6. The SMILES string of the molecule is CC(C)(C)C1c2ccc(N3CC[C@H](NS(=O)(=O)c4cc5cc(Cl)ccc5s4)C3=O)cc2CCN1C(=O)O. The van der Waals surface area contributed by atoms with Crippen LogP contribution >= 0.6 is 22.9 Å². The number of amides is 2. The van der Waals surface area contributed by atoms with Crippen molar-refractivity contribution in [1.29, 1.82) is 0 Å². The van der Waals surface area contributed by atoms with Gasteiger partial charge in [-0.3, -0.25) is 4.79 Å². The molecule has 3 aromatic rings. The van der Waals surface area contributed by atoms with Crippen molar-refractivity contribution in [3.05, 3.63) is 58.6 Å². The van der Waals surface area contributed by atoms with Crippen LogP contribution in [0.5, 0.6) is 0 Å². The molecule has 1 aromatic heterocycles. The van der Waals surface area contributed by atoms with E-state index in [9.17, 15) is 23.1 Å². The lowest BCUT2D eigenvalue weighted by Crippen LogP contribution is -2.45. The van der Waals surface area contributed by atoms with Gasteiger partial charge in [0.05, 0.1) is 6.04 Å². The van der Waals surface area contributed by atoms with Crippen LogP contribution in [-0.2, 0) is 21.2 Å². The maximum atomic E-state index is 13.3. The van der Waals surface area contributed by atoms with Crippen LogP contribution in [0.15, 0.2) is 46.7 Å². The van der Waals surface area contributed by atoms with Gasteiger partial charge in [0, 0.05) is 28.5 Å². The van der Waals surface area contributed by atoms with Gasteiger partial charge in [-0.05, 0) is 71.2 Å². The Morgan fingerprint density at radius 1 is 1.14 bits per heavy atom. The molecule has 2 atom stereocenters. The quantitative estimate of drug-likeness (QED) is 0.452. The molecular weight excluding hydrogens is 534 g/mol. The average Bonchev–Trinajstić information content (AvgIpc) is 3.40. The fraction of sp³-hybridized carbons (Fsp3) is 0.385. The van der Waals surface area contributed by atoms with E-state index < -0.39 is 22.2 Å². The topological polar surface area (TPSA) is 107 Å². The van der Waals surface area contributed by atoms with Crippen LogP contribution in [0, 0.1) is 5.41 Å². The predicted octanol–water partition coefficient (Wildman–Crippen LogP) is 5.26. The number of fused-ring (bicyclic) bond motifs is 2. The van der Waals surface area contributed by atoms with E-state index in [1.54, 1.807) is 29.2 Å². The number of nitrogens with zero attached hydrogens (tertiary/aromatic N) is 2. The highest BCUT2D eigenvalue weighted by molar-refractivity contribution is 7.91. The van der Waals surface area contributed by atoms with Crippen LogP contribution in [0.3, 0.4) is 0 Å². The van der Waals surface area contributed by atoms with Crippen LogP contribution in [0.1, 0.15) is 44.4 Å². The maximum Gasteiger partial charge on any atom is 0.407 e. The first-order valence-electron chi connectivity index (χ1n) is 12.0. The van der Waals surface area contributed by atoms with Gasteiger partial charge in [-0.1, -0.05) is 38.4 Å². The van der Waals surface area contributed by atoms with Gasteiger partial charge in [-0.2, -0.15) is 4.72 Å². The first-order chi connectivity index (χ1) is 17.3. The number of carbonyl (C=O) groups is 2. The Balaban J connectivity index is 1.37. The number of carboxylic acid groups (broad SMARTS) is 1. The van der Waals surface area contributed by atoms with Crippen molar-refractivity contribution in [3.63, 3.8) is 0 Å². The highest BCUT2D eigenvalue weighted by Gasteiger charge is 2.40. The van der Waals surface area contributed by atoms with Crippen molar-refractivity contribution >= 4 is 60.7 Å². The van der Waals surface area contributed by atoms with Gasteiger partial charge < -0.3 is 14.9 Å². The van der Waals surface area contributed by atoms with Crippen molar-refractivity contribution in [3.8, 4) is 0 Å². The summed E-state index contributed by atoms with van der Waals surface area (Å²) in [5.74, 6) is -0.303. The van der Waals surface area contributed by atoms with Crippen LogP contribution in [0.2, 0.25) is 5.02 Å². The standard InChI is InChI=1S/C26H28ClN3O5S2/c1-26(2,3)23-19-6-5-18(13-15(19)8-10-30(23)25(32)33)29-11-9-20(24(29)31)28-37(34,35)22-14-16-12-17(27)4-7-21(16)36-22/h4-7,12-14,20,23,28H,8-11H2,1-3H3,(H,32,33)/t20-,23?/m0/s1. The summed E-state index contributed by atoms with van der Waals surface area (Å²) in [5.41, 5.74) is 2.34. The lowest BCUT2D eigenvalue weighted by molar-refractivity contribution is -0.118. The summed E-state index contributed by atoms with van der Waals surface area (Å²) >= 11 is 7.16. The highest BCUT2D eigenvalue weighted by Crippen LogP contribution is 2.43. The Bertz CT molecular complexity index is 1510. The predicted molar refractivity (Wildman–Crippen MR) is 145 cm³/mol. The van der Waals surface area contributed by atoms with E-state index in [1.165, 1.54) is 4.90 Å². The summed E-state index contributed by atoms with van der Waals surface area (Å²) < 4.78 is 29.7. The molecule has 1 unspecified atom stereocenters.